The molecule has 122 valence electrons. The fourth-order valence-corrected chi connectivity index (χ4v) is 3.31. The van der Waals surface area contributed by atoms with E-state index in [0.717, 1.165) is 22.3 Å². The molecule has 4 heteroatoms. The topological polar surface area (TPSA) is 34.1 Å². The molecule has 0 N–H and O–H groups in total. The van der Waals surface area contributed by atoms with Crippen LogP contribution in [0.25, 0.3) is 22.3 Å². The zero-order valence-corrected chi connectivity index (χ0v) is 14.3. The number of sulfone groups is 1. The third-order valence-corrected chi connectivity index (χ3v) is 5.12. The Kier molecular flexibility index (Phi) is 4.24. The lowest BCUT2D eigenvalue weighted by atomic mass is 9.94. The molecule has 0 saturated heterocycles. The molecule has 2 nitrogen and oxygen atoms in total. The SMILES string of the molecule is Cc1cc(-c2ccccc2-c2ccc(S(C)(=O)=O)cc2)ccc1F. The van der Waals surface area contributed by atoms with Crippen molar-refractivity contribution < 1.29 is 12.8 Å². The first kappa shape index (κ1) is 16.4. The van der Waals surface area contributed by atoms with E-state index in [0.29, 0.717) is 10.5 Å². The fourth-order valence-electron chi connectivity index (χ4n) is 2.68. The molecule has 0 heterocycles. The Hall–Kier alpha value is -2.46. The first-order valence-corrected chi connectivity index (χ1v) is 9.41. The standard InChI is InChI=1S/C20H17FO2S/c1-14-13-16(9-12-20(14)21)19-6-4-3-5-18(19)15-7-10-17(11-8-15)24(2,22)23/h3-13H,1-2H3. The van der Waals surface area contributed by atoms with Crippen molar-refractivity contribution in [2.45, 2.75) is 11.8 Å². The summed E-state index contributed by atoms with van der Waals surface area (Å²) < 4.78 is 36.7. The van der Waals surface area contributed by atoms with Crippen LogP contribution in [0, 0.1) is 12.7 Å². The van der Waals surface area contributed by atoms with Gasteiger partial charge in [0.1, 0.15) is 5.82 Å². The smallest absolute Gasteiger partial charge is 0.175 e. The van der Waals surface area contributed by atoms with E-state index in [2.05, 4.69) is 0 Å². The maximum absolute atomic E-state index is 13.5. The highest BCUT2D eigenvalue weighted by molar-refractivity contribution is 7.90. The van der Waals surface area contributed by atoms with Crippen LogP contribution in [0.2, 0.25) is 0 Å². The normalized spacial score (nSPS) is 11.5. The summed E-state index contributed by atoms with van der Waals surface area (Å²) in [6.45, 7) is 1.74. The first-order chi connectivity index (χ1) is 11.4. The molecule has 0 amide bonds. The second-order valence-electron chi connectivity index (χ2n) is 5.81. The molecule has 0 bridgehead atoms. The average molecular weight is 340 g/mol. The largest absolute Gasteiger partial charge is 0.224 e. The summed E-state index contributed by atoms with van der Waals surface area (Å²) in [6.07, 6.45) is 1.19. The van der Waals surface area contributed by atoms with Crippen LogP contribution in [-0.2, 0) is 9.84 Å². The third-order valence-electron chi connectivity index (χ3n) is 3.99. The molecular formula is C20H17FO2S. The van der Waals surface area contributed by atoms with E-state index in [4.69, 9.17) is 0 Å². The quantitative estimate of drug-likeness (QED) is 0.681. The molecule has 0 aliphatic heterocycles. The fraction of sp³-hybridized carbons (Fsp3) is 0.100. The van der Waals surface area contributed by atoms with E-state index in [1.165, 1.54) is 12.3 Å². The Morgan fingerprint density at radius 2 is 1.33 bits per heavy atom. The van der Waals surface area contributed by atoms with Crippen molar-refractivity contribution in [3.8, 4) is 22.3 Å². The van der Waals surface area contributed by atoms with E-state index >= 15 is 0 Å². The van der Waals surface area contributed by atoms with Gasteiger partial charge in [-0.15, -0.1) is 0 Å². The average Bonchev–Trinajstić information content (AvgIpc) is 2.57. The van der Waals surface area contributed by atoms with Crippen LogP contribution in [0.1, 0.15) is 5.56 Å². The minimum atomic E-state index is -3.22. The van der Waals surface area contributed by atoms with Crippen molar-refractivity contribution >= 4 is 9.84 Å². The van der Waals surface area contributed by atoms with Gasteiger partial charge in [-0.25, -0.2) is 12.8 Å². The Bertz CT molecular complexity index is 990. The van der Waals surface area contributed by atoms with Gasteiger partial charge in [0, 0.05) is 6.26 Å². The van der Waals surface area contributed by atoms with Gasteiger partial charge in [-0.2, -0.15) is 0 Å². The van der Waals surface area contributed by atoms with Crippen LogP contribution >= 0.6 is 0 Å². The van der Waals surface area contributed by atoms with E-state index in [1.54, 1.807) is 37.3 Å². The summed E-state index contributed by atoms with van der Waals surface area (Å²) in [7, 11) is -3.22. The Labute approximate surface area is 141 Å². The zero-order valence-electron chi connectivity index (χ0n) is 13.5. The summed E-state index contributed by atoms with van der Waals surface area (Å²) >= 11 is 0. The number of halogens is 1. The van der Waals surface area contributed by atoms with Gasteiger partial charge < -0.3 is 0 Å². The minimum Gasteiger partial charge on any atom is -0.224 e. The van der Waals surface area contributed by atoms with Gasteiger partial charge in [0.05, 0.1) is 4.90 Å². The molecule has 3 aromatic rings. The lowest BCUT2D eigenvalue weighted by Crippen LogP contribution is -1.96. The van der Waals surface area contributed by atoms with Crippen molar-refractivity contribution in [3.63, 3.8) is 0 Å². The van der Waals surface area contributed by atoms with Gasteiger partial charge >= 0.3 is 0 Å². The number of rotatable bonds is 3. The highest BCUT2D eigenvalue weighted by Crippen LogP contribution is 2.33. The van der Waals surface area contributed by atoms with E-state index in [-0.39, 0.29) is 5.82 Å². The van der Waals surface area contributed by atoms with Crippen LogP contribution in [0.3, 0.4) is 0 Å². The number of benzene rings is 3. The van der Waals surface area contributed by atoms with Gasteiger partial charge in [0.2, 0.25) is 0 Å². The molecule has 24 heavy (non-hydrogen) atoms. The molecule has 0 aliphatic carbocycles. The molecule has 0 saturated carbocycles. The predicted octanol–water partition coefficient (Wildman–Crippen LogP) is 4.87. The van der Waals surface area contributed by atoms with Crippen molar-refractivity contribution in [2.24, 2.45) is 0 Å². The maximum atomic E-state index is 13.5. The summed E-state index contributed by atoms with van der Waals surface area (Å²) in [5, 5.41) is 0. The molecule has 0 aliphatic rings. The van der Waals surface area contributed by atoms with Crippen LogP contribution in [0.15, 0.2) is 71.6 Å². The summed E-state index contributed by atoms with van der Waals surface area (Å²) in [5.74, 6) is -0.228. The van der Waals surface area contributed by atoms with Gasteiger partial charge in [-0.3, -0.25) is 0 Å². The van der Waals surface area contributed by atoms with E-state index in [9.17, 15) is 12.8 Å². The Balaban J connectivity index is 2.11. The van der Waals surface area contributed by atoms with Crippen LogP contribution < -0.4 is 0 Å². The highest BCUT2D eigenvalue weighted by atomic mass is 32.2. The maximum Gasteiger partial charge on any atom is 0.175 e. The molecule has 0 spiro atoms. The van der Waals surface area contributed by atoms with Gasteiger partial charge in [0.25, 0.3) is 0 Å². The number of aryl methyl sites for hydroxylation is 1. The van der Waals surface area contributed by atoms with Crippen molar-refractivity contribution in [2.75, 3.05) is 6.26 Å². The highest BCUT2D eigenvalue weighted by Gasteiger charge is 2.11. The molecule has 3 aromatic carbocycles. The molecule has 0 aromatic heterocycles. The molecule has 0 atom stereocenters. The van der Waals surface area contributed by atoms with Gasteiger partial charge in [-0.1, -0.05) is 42.5 Å². The lowest BCUT2D eigenvalue weighted by molar-refractivity contribution is 0.602. The minimum absolute atomic E-state index is 0.228. The van der Waals surface area contributed by atoms with Crippen molar-refractivity contribution in [3.05, 3.63) is 78.1 Å². The molecular weight excluding hydrogens is 323 g/mol. The Morgan fingerprint density at radius 1 is 0.792 bits per heavy atom. The van der Waals surface area contributed by atoms with Crippen molar-refractivity contribution in [1.82, 2.24) is 0 Å². The number of hydrogen-bond donors (Lipinski definition) is 0. The first-order valence-electron chi connectivity index (χ1n) is 7.52. The molecule has 0 radical (unpaired) electrons. The monoisotopic (exact) mass is 340 g/mol. The number of hydrogen-bond acceptors (Lipinski definition) is 2. The predicted molar refractivity (Wildman–Crippen MR) is 95.1 cm³/mol. The molecule has 3 rings (SSSR count). The molecule has 0 unspecified atom stereocenters. The van der Waals surface area contributed by atoms with Crippen molar-refractivity contribution in [1.29, 1.82) is 0 Å². The summed E-state index contributed by atoms with van der Waals surface area (Å²) in [4.78, 5) is 0.293. The molecule has 0 fully saturated rings. The zero-order chi connectivity index (χ0) is 17.3. The van der Waals surface area contributed by atoms with Crippen LogP contribution in [0.4, 0.5) is 4.39 Å². The second kappa shape index (κ2) is 6.21. The van der Waals surface area contributed by atoms with Crippen LogP contribution in [0.5, 0.6) is 0 Å². The van der Waals surface area contributed by atoms with E-state index < -0.39 is 9.84 Å². The van der Waals surface area contributed by atoms with E-state index in [1.807, 2.05) is 30.3 Å². The second-order valence-corrected chi connectivity index (χ2v) is 7.82. The summed E-state index contributed by atoms with van der Waals surface area (Å²) in [6, 6.07) is 19.7. The lowest BCUT2D eigenvalue weighted by Gasteiger charge is -2.11. The third kappa shape index (κ3) is 3.24. The Morgan fingerprint density at radius 3 is 1.88 bits per heavy atom. The van der Waals surface area contributed by atoms with Crippen LogP contribution in [-0.4, -0.2) is 14.7 Å². The summed E-state index contributed by atoms with van der Waals surface area (Å²) in [5.41, 5.74) is 4.39. The van der Waals surface area contributed by atoms with Gasteiger partial charge in [-0.05, 0) is 59.0 Å². The van der Waals surface area contributed by atoms with Gasteiger partial charge in [0.15, 0.2) is 9.84 Å².